The number of amides is 1. The highest BCUT2D eigenvalue weighted by Crippen LogP contribution is 2.30. The Bertz CT molecular complexity index is 1250. The van der Waals surface area contributed by atoms with Gasteiger partial charge in [-0.3, -0.25) is 4.79 Å². The summed E-state index contributed by atoms with van der Waals surface area (Å²) in [5.74, 6) is 0.512. The molecule has 7 nitrogen and oxygen atoms in total. The maximum absolute atomic E-state index is 12.5. The van der Waals surface area contributed by atoms with Crippen molar-refractivity contribution in [2.75, 3.05) is 13.7 Å². The Morgan fingerprint density at radius 2 is 1.78 bits per heavy atom. The van der Waals surface area contributed by atoms with E-state index in [-0.39, 0.29) is 22.9 Å². The van der Waals surface area contributed by atoms with Gasteiger partial charge >= 0.3 is 5.97 Å². The van der Waals surface area contributed by atoms with Gasteiger partial charge in [-0.2, -0.15) is 5.10 Å². The highest BCUT2D eigenvalue weighted by atomic mass is 35.5. The maximum Gasteiger partial charge on any atom is 0.345 e. The van der Waals surface area contributed by atoms with Gasteiger partial charge in [-0.1, -0.05) is 49.2 Å². The molecule has 0 fully saturated rings. The predicted octanol–water partition coefficient (Wildman–Crippen LogP) is 6.26. The van der Waals surface area contributed by atoms with Crippen LogP contribution in [-0.4, -0.2) is 31.8 Å². The molecule has 0 saturated carbocycles. The minimum absolute atomic E-state index is 0.171. The third kappa shape index (κ3) is 7.47. The van der Waals surface area contributed by atoms with Crippen LogP contribution in [0.15, 0.2) is 65.8 Å². The van der Waals surface area contributed by atoms with Crippen molar-refractivity contribution in [3.8, 4) is 17.2 Å². The smallest absolute Gasteiger partial charge is 0.345 e. The van der Waals surface area contributed by atoms with Crippen molar-refractivity contribution in [3.63, 3.8) is 0 Å². The molecule has 0 radical (unpaired) electrons. The number of nitrogens with zero attached hydrogens (tertiary/aromatic N) is 1. The van der Waals surface area contributed by atoms with Gasteiger partial charge in [0.15, 0.2) is 18.1 Å². The molecule has 0 spiro atoms. The molecule has 3 aromatic carbocycles. The summed E-state index contributed by atoms with van der Waals surface area (Å²) in [4.78, 5) is 24.5. The van der Waals surface area contributed by atoms with E-state index < -0.39 is 11.9 Å². The van der Waals surface area contributed by atoms with E-state index >= 15 is 0 Å². The zero-order valence-electron chi connectivity index (χ0n) is 20.1. The summed E-state index contributed by atoms with van der Waals surface area (Å²) in [5.41, 5.74) is 4.42. The first-order chi connectivity index (χ1) is 17.3. The van der Waals surface area contributed by atoms with Crippen LogP contribution in [0, 0.1) is 0 Å². The van der Waals surface area contributed by atoms with Crippen molar-refractivity contribution in [1.82, 2.24) is 5.43 Å². The molecule has 3 aromatic rings. The zero-order valence-corrected chi connectivity index (χ0v) is 21.6. The molecular weight excluding hydrogens is 503 g/mol. The monoisotopic (exact) mass is 528 g/mol. The van der Waals surface area contributed by atoms with Gasteiger partial charge in [0, 0.05) is 5.02 Å². The van der Waals surface area contributed by atoms with Crippen LogP contribution in [0.1, 0.15) is 47.7 Å². The lowest BCUT2D eigenvalue weighted by atomic mass is 9.99. The Balaban J connectivity index is 1.54. The minimum atomic E-state index is -0.654. The van der Waals surface area contributed by atoms with E-state index in [1.165, 1.54) is 31.0 Å². The Morgan fingerprint density at radius 1 is 1.03 bits per heavy atom. The van der Waals surface area contributed by atoms with Crippen molar-refractivity contribution in [1.29, 1.82) is 0 Å². The first-order valence-electron chi connectivity index (χ1n) is 11.2. The number of hydrogen-bond acceptors (Lipinski definition) is 6. The number of esters is 1. The average molecular weight is 529 g/mol. The number of nitrogens with one attached hydrogen (secondary N) is 1. The van der Waals surface area contributed by atoms with E-state index in [1.807, 2.05) is 24.3 Å². The Morgan fingerprint density at radius 3 is 2.44 bits per heavy atom. The summed E-state index contributed by atoms with van der Waals surface area (Å²) in [6.07, 6.45) is 2.49. The van der Waals surface area contributed by atoms with Crippen LogP contribution in [0.3, 0.4) is 0 Å². The summed E-state index contributed by atoms with van der Waals surface area (Å²) in [7, 11) is 1.44. The fourth-order valence-corrected chi connectivity index (χ4v) is 3.63. The molecule has 9 heteroatoms. The number of ether oxygens (including phenoxy) is 3. The van der Waals surface area contributed by atoms with Gasteiger partial charge in [0.25, 0.3) is 5.91 Å². The minimum Gasteiger partial charge on any atom is -0.493 e. The summed E-state index contributed by atoms with van der Waals surface area (Å²) in [5, 5.41) is 4.53. The summed E-state index contributed by atoms with van der Waals surface area (Å²) < 4.78 is 16.2. The molecule has 0 aliphatic carbocycles. The molecular formula is C27H26Cl2N2O5. The van der Waals surface area contributed by atoms with Gasteiger partial charge in [0.1, 0.15) is 5.75 Å². The average Bonchev–Trinajstić information content (AvgIpc) is 2.88. The third-order valence-corrected chi connectivity index (χ3v) is 5.92. The number of halogens is 2. The van der Waals surface area contributed by atoms with E-state index in [0.717, 1.165) is 6.42 Å². The number of hydrogen-bond donors (Lipinski definition) is 1. The van der Waals surface area contributed by atoms with Crippen LogP contribution in [0.4, 0.5) is 0 Å². The molecule has 0 heterocycles. The topological polar surface area (TPSA) is 86.2 Å². The third-order valence-electron chi connectivity index (χ3n) is 5.38. The van der Waals surface area contributed by atoms with Crippen LogP contribution in [0.2, 0.25) is 10.0 Å². The largest absolute Gasteiger partial charge is 0.493 e. The normalized spacial score (nSPS) is 11.7. The van der Waals surface area contributed by atoms with Gasteiger partial charge in [0.2, 0.25) is 0 Å². The van der Waals surface area contributed by atoms with Crippen molar-refractivity contribution in [3.05, 3.63) is 87.4 Å². The molecule has 1 atom stereocenters. The predicted molar refractivity (Wildman–Crippen MR) is 141 cm³/mol. The first-order valence-corrected chi connectivity index (χ1v) is 12.0. The van der Waals surface area contributed by atoms with Crippen molar-refractivity contribution < 1.29 is 23.8 Å². The number of carbonyl (C=O) groups excluding carboxylic acids is 2. The van der Waals surface area contributed by atoms with E-state index in [0.29, 0.717) is 28.0 Å². The molecule has 3 rings (SSSR count). The second-order valence-corrected chi connectivity index (χ2v) is 8.73. The fourth-order valence-electron chi connectivity index (χ4n) is 3.15. The number of benzene rings is 3. The molecule has 0 aliphatic rings. The number of carbonyl (C=O) groups is 2. The number of rotatable bonds is 10. The van der Waals surface area contributed by atoms with Crippen molar-refractivity contribution >= 4 is 41.3 Å². The lowest BCUT2D eigenvalue weighted by Crippen LogP contribution is -2.24. The molecule has 0 saturated heterocycles. The first kappa shape index (κ1) is 27.0. The van der Waals surface area contributed by atoms with E-state index in [4.69, 9.17) is 37.4 Å². The van der Waals surface area contributed by atoms with Crippen LogP contribution < -0.4 is 19.6 Å². The molecule has 0 bridgehead atoms. The second kappa shape index (κ2) is 13.0. The van der Waals surface area contributed by atoms with E-state index in [9.17, 15) is 9.59 Å². The van der Waals surface area contributed by atoms with Crippen LogP contribution >= 0.6 is 23.2 Å². The SMILES string of the molecule is CCC(C)c1ccc(OCC(=O)N/N=C\c2ccc(OC(=O)c3ccc(Cl)cc3Cl)c(OC)c2)cc1. The van der Waals surface area contributed by atoms with Crippen LogP contribution in [-0.2, 0) is 4.79 Å². The Hall–Kier alpha value is -3.55. The van der Waals surface area contributed by atoms with Crippen molar-refractivity contribution in [2.24, 2.45) is 5.10 Å². The lowest BCUT2D eigenvalue weighted by molar-refractivity contribution is -0.123. The van der Waals surface area contributed by atoms with Gasteiger partial charge < -0.3 is 14.2 Å². The van der Waals surface area contributed by atoms with Gasteiger partial charge in [-0.15, -0.1) is 0 Å². The zero-order chi connectivity index (χ0) is 26.1. The van der Waals surface area contributed by atoms with E-state index in [1.54, 1.807) is 24.3 Å². The highest BCUT2D eigenvalue weighted by molar-refractivity contribution is 6.36. The van der Waals surface area contributed by atoms with Crippen LogP contribution in [0.25, 0.3) is 0 Å². The van der Waals surface area contributed by atoms with Gasteiger partial charge in [0.05, 0.1) is 23.9 Å². The van der Waals surface area contributed by atoms with Crippen LogP contribution in [0.5, 0.6) is 17.2 Å². The second-order valence-electron chi connectivity index (χ2n) is 7.88. The lowest BCUT2D eigenvalue weighted by Gasteiger charge is -2.11. The molecule has 0 aliphatic heterocycles. The Labute approximate surface area is 220 Å². The quantitative estimate of drug-likeness (QED) is 0.145. The van der Waals surface area contributed by atoms with Gasteiger partial charge in [-0.25, -0.2) is 10.2 Å². The molecule has 1 amide bonds. The summed E-state index contributed by atoms with van der Waals surface area (Å²) in [6, 6.07) is 17.0. The Kier molecular flexibility index (Phi) is 9.73. The number of hydrazone groups is 1. The summed E-state index contributed by atoms with van der Waals surface area (Å²) in [6.45, 7) is 4.12. The number of methoxy groups -OCH3 is 1. The highest BCUT2D eigenvalue weighted by Gasteiger charge is 2.16. The maximum atomic E-state index is 12.5. The fraction of sp³-hybridized carbons (Fsp3) is 0.222. The van der Waals surface area contributed by atoms with E-state index in [2.05, 4.69) is 24.4 Å². The molecule has 0 aromatic heterocycles. The molecule has 1 unspecified atom stereocenters. The molecule has 36 heavy (non-hydrogen) atoms. The van der Waals surface area contributed by atoms with Crippen molar-refractivity contribution in [2.45, 2.75) is 26.2 Å². The standard InChI is InChI=1S/C27H26Cl2N2O5/c1-4-17(2)19-6-9-21(10-7-19)35-16-26(32)31-30-15-18-5-12-24(25(13-18)34-3)36-27(33)22-11-8-20(28)14-23(22)29/h5-15,17H,4,16H2,1-3H3,(H,31,32)/b30-15-. The van der Waals surface area contributed by atoms with Gasteiger partial charge in [-0.05, 0) is 72.0 Å². The summed E-state index contributed by atoms with van der Waals surface area (Å²) >= 11 is 11.9. The molecule has 188 valence electrons. The molecule has 1 N–H and O–H groups in total.